The van der Waals surface area contributed by atoms with Crippen LogP contribution in [0.5, 0.6) is 11.5 Å². The van der Waals surface area contributed by atoms with Gasteiger partial charge in [0.15, 0.2) is 5.78 Å². The summed E-state index contributed by atoms with van der Waals surface area (Å²) in [4.78, 5) is 36.9. The predicted molar refractivity (Wildman–Crippen MR) is 86.6 cm³/mol. The molecule has 1 aliphatic carbocycles. The first-order valence-corrected chi connectivity index (χ1v) is 7.52. The number of phenolic OH excluding ortho intramolecular Hbond substituents is 2. The maximum Gasteiger partial charge on any atom is 0.224 e. The molecule has 0 fully saturated rings. The van der Waals surface area contributed by atoms with Crippen molar-refractivity contribution in [3.05, 3.63) is 52.6 Å². The molecule has 0 radical (unpaired) electrons. The molecule has 2 aromatic carbocycles. The van der Waals surface area contributed by atoms with Gasteiger partial charge in [-0.3, -0.25) is 14.4 Å². The van der Waals surface area contributed by atoms with E-state index in [1.807, 2.05) is 6.92 Å². The van der Waals surface area contributed by atoms with Crippen LogP contribution >= 0.6 is 0 Å². The van der Waals surface area contributed by atoms with E-state index in [1.165, 1.54) is 30.3 Å². The standard InChI is InChI=1S/C18H15NO5/c1-2-4-14(22)19-9-7-11-16(13(21)8-9)18(24)15-10(17(11)23)5-3-6-12(15)20/h3,5-8,20-21H,2,4H2,1H3,(H,19,22). The second kappa shape index (κ2) is 5.81. The van der Waals surface area contributed by atoms with E-state index >= 15 is 0 Å². The zero-order valence-corrected chi connectivity index (χ0v) is 12.9. The van der Waals surface area contributed by atoms with Crippen molar-refractivity contribution in [3.63, 3.8) is 0 Å². The Labute approximate surface area is 137 Å². The van der Waals surface area contributed by atoms with Crippen LogP contribution in [0.3, 0.4) is 0 Å². The SMILES string of the molecule is CCCC(=O)Nc1cc(O)c2c(c1)C(=O)c1cccc(O)c1C2=O. The van der Waals surface area contributed by atoms with Crippen molar-refractivity contribution in [1.82, 2.24) is 0 Å². The second-order valence-electron chi connectivity index (χ2n) is 5.57. The summed E-state index contributed by atoms with van der Waals surface area (Å²) in [6.07, 6.45) is 0.967. The Morgan fingerprint density at radius 2 is 1.71 bits per heavy atom. The lowest BCUT2D eigenvalue weighted by Gasteiger charge is -2.20. The van der Waals surface area contributed by atoms with Gasteiger partial charge in [0.2, 0.25) is 11.7 Å². The van der Waals surface area contributed by atoms with Crippen LogP contribution in [0, 0.1) is 0 Å². The highest BCUT2D eigenvalue weighted by molar-refractivity contribution is 6.30. The van der Waals surface area contributed by atoms with Crippen LogP contribution in [-0.4, -0.2) is 27.7 Å². The van der Waals surface area contributed by atoms with E-state index in [4.69, 9.17) is 0 Å². The van der Waals surface area contributed by atoms with Crippen molar-refractivity contribution in [2.45, 2.75) is 19.8 Å². The third-order valence-electron chi connectivity index (χ3n) is 3.86. The zero-order valence-electron chi connectivity index (χ0n) is 12.9. The lowest BCUT2D eigenvalue weighted by molar-refractivity contribution is -0.116. The fourth-order valence-corrected chi connectivity index (χ4v) is 2.81. The number of amides is 1. The predicted octanol–water partition coefficient (Wildman–Crippen LogP) is 2.61. The Bertz CT molecular complexity index is 885. The minimum Gasteiger partial charge on any atom is -0.507 e. The summed E-state index contributed by atoms with van der Waals surface area (Å²) in [7, 11) is 0. The number of rotatable bonds is 3. The first-order chi connectivity index (χ1) is 11.4. The smallest absolute Gasteiger partial charge is 0.224 e. The average molecular weight is 325 g/mol. The van der Waals surface area contributed by atoms with Crippen LogP contribution in [0.4, 0.5) is 5.69 Å². The van der Waals surface area contributed by atoms with Gasteiger partial charge in [-0.1, -0.05) is 19.1 Å². The summed E-state index contributed by atoms with van der Waals surface area (Å²) in [6.45, 7) is 1.86. The molecule has 0 unspecified atom stereocenters. The number of benzene rings is 2. The van der Waals surface area contributed by atoms with E-state index in [9.17, 15) is 24.6 Å². The highest BCUT2D eigenvalue weighted by Crippen LogP contribution is 2.38. The lowest BCUT2D eigenvalue weighted by Crippen LogP contribution is -2.22. The molecule has 0 heterocycles. The molecule has 0 saturated carbocycles. The minimum absolute atomic E-state index is 0.00454. The molecule has 6 heteroatoms. The third kappa shape index (κ3) is 2.42. The summed E-state index contributed by atoms with van der Waals surface area (Å²) in [6, 6.07) is 6.82. The molecule has 1 aliphatic rings. The Morgan fingerprint density at radius 3 is 2.42 bits per heavy atom. The molecule has 0 aromatic heterocycles. The van der Waals surface area contributed by atoms with Crippen molar-refractivity contribution < 1.29 is 24.6 Å². The molecular weight excluding hydrogens is 310 g/mol. The number of carbonyl (C=O) groups excluding carboxylic acids is 3. The first kappa shape index (κ1) is 15.7. The fraction of sp³-hybridized carbons (Fsp3) is 0.167. The van der Waals surface area contributed by atoms with Crippen molar-refractivity contribution in [1.29, 1.82) is 0 Å². The number of aromatic hydroxyl groups is 2. The molecule has 3 N–H and O–H groups in total. The number of carbonyl (C=O) groups is 3. The number of hydrogen-bond donors (Lipinski definition) is 3. The molecule has 1 amide bonds. The zero-order chi connectivity index (χ0) is 17.4. The Morgan fingerprint density at radius 1 is 1.00 bits per heavy atom. The van der Waals surface area contributed by atoms with Gasteiger partial charge in [0.25, 0.3) is 0 Å². The number of hydrogen-bond acceptors (Lipinski definition) is 5. The summed E-state index contributed by atoms with van der Waals surface area (Å²) in [5.74, 6) is -2.08. The van der Waals surface area contributed by atoms with Crippen LogP contribution < -0.4 is 5.32 Å². The normalized spacial score (nSPS) is 12.5. The van der Waals surface area contributed by atoms with Gasteiger partial charge in [0.05, 0.1) is 11.1 Å². The molecule has 0 aliphatic heterocycles. The Balaban J connectivity index is 2.12. The third-order valence-corrected chi connectivity index (χ3v) is 3.86. The van der Waals surface area contributed by atoms with Gasteiger partial charge >= 0.3 is 0 Å². The Kier molecular flexibility index (Phi) is 3.81. The number of anilines is 1. The van der Waals surface area contributed by atoms with Crippen molar-refractivity contribution in [2.24, 2.45) is 0 Å². The van der Waals surface area contributed by atoms with E-state index in [2.05, 4.69) is 5.32 Å². The van der Waals surface area contributed by atoms with Crippen LogP contribution in [0.1, 0.15) is 51.6 Å². The van der Waals surface area contributed by atoms with Crippen LogP contribution in [-0.2, 0) is 4.79 Å². The fourth-order valence-electron chi connectivity index (χ4n) is 2.81. The van der Waals surface area contributed by atoms with E-state index in [-0.39, 0.29) is 39.6 Å². The molecule has 122 valence electrons. The molecule has 0 spiro atoms. The van der Waals surface area contributed by atoms with Gasteiger partial charge in [0.1, 0.15) is 11.5 Å². The van der Waals surface area contributed by atoms with Gasteiger partial charge in [-0.2, -0.15) is 0 Å². The van der Waals surface area contributed by atoms with Gasteiger partial charge in [-0.15, -0.1) is 0 Å². The molecule has 2 aromatic rings. The van der Waals surface area contributed by atoms with E-state index in [1.54, 1.807) is 0 Å². The molecule has 24 heavy (non-hydrogen) atoms. The van der Waals surface area contributed by atoms with Gasteiger partial charge < -0.3 is 15.5 Å². The molecule has 0 atom stereocenters. The molecule has 3 rings (SSSR count). The number of phenols is 2. The van der Waals surface area contributed by atoms with Crippen LogP contribution in [0.2, 0.25) is 0 Å². The summed E-state index contributed by atoms with van der Waals surface area (Å²) in [5, 5.41) is 22.7. The molecular formula is C18H15NO5. The van der Waals surface area contributed by atoms with Crippen molar-refractivity contribution in [3.8, 4) is 11.5 Å². The highest BCUT2D eigenvalue weighted by atomic mass is 16.3. The molecule has 0 bridgehead atoms. The topological polar surface area (TPSA) is 104 Å². The maximum absolute atomic E-state index is 12.6. The van der Waals surface area contributed by atoms with E-state index in [0.29, 0.717) is 12.8 Å². The van der Waals surface area contributed by atoms with Crippen molar-refractivity contribution in [2.75, 3.05) is 5.32 Å². The first-order valence-electron chi connectivity index (χ1n) is 7.52. The number of ketones is 2. The highest BCUT2D eigenvalue weighted by Gasteiger charge is 2.34. The second-order valence-corrected chi connectivity index (χ2v) is 5.57. The van der Waals surface area contributed by atoms with E-state index in [0.717, 1.165) is 0 Å². The minimum atomic E-state index is -0.623. The van der Waals surface area contributed by atoms with Gasteiger partial charge in [-0.05, 0) is 18.6 Å². The number of fused-ring (bicyclic) bond motifs is 2. The Hall–Kier alpha value is -3.15. The van der Waals surface area contributed by atoms with E-state index < -0.39 is 17.3 Å². The maximum atomic E-state index is 12.6. The van der Waals surface area contributed by atoms with Crippen LogP contribution in [0.15, 0.2) is 30.3 Å². The summed E-state index contributed by atoms with van der Waals surface area (Å²) >= 11 is 0. The van der Waals surface area contributed by atoms with Crippen molar-refractivity contribution >= 4 is 23.2 Å². The van der Waals surface area contributed by atoms with Crippen LogP contribution in [0.25, 0.3) is 0 Å². The number of nitrogens with one attached hydrogen (secondary N) is 1. The summed E-state index contributed by atoms with van der Waals surface area (Å²) in [5.41, 5.74) is 0.0406. The summed E-state index contributed by atoms with van der Waals surface area (Å²) < 4.78 is 0. The quantitative estimate of drug-likeness (QED) is 0.687. The lowest BCUT2D eigenvalue weighted by atomic mass is 9.83. The monoisotopic (exact) mass is 325 g/mol. The molecule has 0 saturated heterocycles. The largest absolute Gasteiger partial charge is 0.507 e. The van der Waals surface area contributed by atoms with Gasteiger partial charge in [-0.25, -0.2) is 0 Å². The van der Waals surface area contributed by atoms with Gasteiger partial charge in [0, 0.05) is 29.3 Å². The molecule has 6 nitrogen and oxygen atoms in total. The average Bonchev–Trinajstić information content (AvgIpc) is 2.52.